The lowest BCUT2D eigenvalue weighted by Gasteiger charge is -2.06. The molecule has 0 aliphatic rings. The fourth-order valence-electron chi connectivity index (χ4n) is 2.21. The van der Waals surface area contributed by atoms with E-state index in [4.69, 9.17) is 13.9 Å². The molecule has 0 saturated heterocycles. The molecule has 0 unspecified atom stereocenters. The van der Waals surface area contributed by atoms with Crippen molar-refractivity contribution < 1.29 is 23.5 Å². The van der Waals surface area contributed by atoms with Crippen LogP contribution in [0, 0.1) is 6.92 Å². The van der Waals surface area contributed by atoms with Gasteiger partial charge in [0.15, 0.2) is 0 Å². The van der Waals surface area contributed by atoms with E-state index in [2.05, 4.69) is 0 Å². The van der Waals surface area contributed by atoms with Crippen LogP contribution in [0.3, 0.4) is 0 Å². The second-order valence-corrected chi connectivity index (χ2v) is 4.54. The van der Waals surface area contributed by atoms with Crippen LogP contribution in [-0.4, -0.2) is 25.2 Å². The Labute approximate surface area is 128 Å². The molecule has 0 amide bonds. The predicted molar refractivity (Wildman–Crippen MR) is 80.8 cm³/mol. The van der Waals surface area contributed by atoms with Crippen LogP contribution < -0.4 is 0 Å². The SMILES string of the molecule is CCOC(=O)c1oc(C)c(C(=O)OCC)c1-c1ccccc1. The minimum atomic E-state index is -0.597. The normalized spacial score (nSPS) is 10.3. The van der Waals surface area contributed by atoms with Crippen LogP contribution in [0.4, 0.5) is 0 Å². The third-order valence-electron chi connectivity index (χ3n) is 3.09. The Morgan fingerprint density at radius 1 is 1.00 bits per heavy atom. The summed E-state index contributed by atoms with van der Waals surface area (Å²) in [6, 6.07) is 9.10. The second kappa shape index (κ2) is 6.93. The lowest BCUT2D eigenvalue weighted by Crippen LogP contribution is -2.09. The number of aryl methyl sites for hydroxylation is 1. The zero-order valence-corrected chi connectivity index (χ0v) is 12.8. The molecule has 0 atom stereocenters. The first kappa shape index (κ1) is 15.8. The first-order valence-electron chi connectivity index (χ1n) is 7.13. The Hall–Kier alpha value is -2.56. The average molecular weight is 302 g/mol. The molecule has 5 heteroatoms. The van der Waals surface area contributed by atoms with Crippen LogP contribution in [-0.2, 0) is 9.47 Å². The molecule has 0 radical (unpaired) electrons. The van der Waals surface area contributed by atoms with E-state index >= 15 is 0 Å². The monoisotopic (exact) mass is 302 g/mol. The molecular formula is C17H18O5. The van der Waals surface area contributed by atoms with Crippen molar-refractivity contribution in [2.45, 2.75) is 20.8 Å². The van der Waals surface area contributed by atoms with Crippen LogP contribution >= 0.6 is 0 Å². The Balaban J connectivity index is 2.63. The smallest absolute Gasteiger partial charge is 0.374 e. The molecule has 1 heterocycles. The van der Waals surface area contributed by atoms with Crippen molar-refractivity contribution in [2.24, 2.45) is 0 Å². The Kier molecular flexibility index (Phi) is 4.99. The lowest BCUT2D eigenvalue weighted by molar-refractivity contribution is 0.0486. The van der Waals surface area contributed by atoms with Gasteiger partial charge in [-0.25, -0.2) is 9.59 Å². The molecular weight excluding hydrogens is 284 g/mol. The molecule has 2 aromatic rings. The minimum absolute atomic E-state index is 0.0219. The third kappa shape index (κ3) is 3.03. The van der Waals surface area contributed by atoms with E-state index in [1.807, 2.05) is 18.2 Å². The van der Waals surface area contributed by atoms with Gasteiger partial charge in [0.25, 0.3) is 0 Å². The van der Waals surface area contributed by atoms with Gasteiger partial charge in [0.05, 0.1) is 18.8 Å². The summed E-state index contributed by atoms with van der Waals surface area (Å²) in [6.45, 7) is 5.53. The number of hydrogen-bond donors (Lipinski definition) is 0. The van der Waals surface area contributed by atoms with Gasteiger partial charge < -0.3 is 13.9 Å². The summed E-state index contributed by atoms with van der Waals surface area (Å²) in [4.78, 5) is 24.3. The van der Waals surface area contributed by atoms with Gasteiger partial charge in [-0.1, -0.05) is 30.3 Å². The molecule has 22 heavy (non-hydrogen) atoms. The maximum Gasteiger partial charge on any atom is 0.374 e. The van der Waals surface area contributed by atoms with Gasteiger partial charge in [0, 0.05) is 0 Å². The zero-order valence-electron chi connectivity index (χ0n) is 12.8. The molecule has 0 N–H and O–H groups in total. The van der Waals surface area contributed by atoms with Crippen LogP contribution in [0.5, 0.6) is 0 Å². The van der Waals surface area contributed by atoms with E-state index in [0.717, 1.165) is 0 Å². The van der Waals surface area contributed by atoms with Gasteiger partial charge in [-0.05, 0) is 26.3 Å². The average Bonchev–Trinajstić information content (AvgIpc) is 2.86. The number of rotatable bonds is 5. The van der Waals surface area contributed by atoms with Crippen LogP contribution in [0.15, 0.2) is 34.7 Å². The van der Waals surface area contributed by atoms with Gasteiger partial charge in [-0.2, -0.15) is 0 Å². The molecule has 0 saturated carbocycles. The number of hydrogen-bond acceptors (Lipinski definition) is 5. The second-order valence-electron chi connectivity index (χ2n) is 4.54. The summed E-state index contributed by atoms with van der Waals surface area (Å²) in [5.41, 5.74) is 1.37. The van der Waals surface area contributed by atoms with Crippen molar-refractivity contribution in [3.05, 3.63) is 47.4 Å². The highest BCUT2D eigenvalue weighted by molar-refractivity contribution is 6.05. The molecule has 0 fully saturated rings. The fraction of sp³-hybridized carbons (Fsp3) is 0.294. The maximum atomic E-state index is 12.2. The summed E-state index contributed by atoms with van der Waals surface area (Å²) >= 11 is 0. The number of benzene rings is 1. The number of ether oxygens (including phenoxy) is 2. The van der Waals surface area contributed by atoms with E-state index in [1.54, 1.807) is 32.9 Å². The number of carbonyl (C=O) groups is 2. The fourth-order valence-corrected chi connectivity index (χ4v) is 2.21. The predicted octanol–water partition coefficient (Wildman–Crippen LogP) is 3.61. The molecule has 2 rings (SSSR count). The van der Waals surface area contributed by atoms with E-state index in [9.17, 15) is 9.59 Å². The Morgan fingerprint density at radius 3 is 2.18 bits per heavy atom. The summed E-state index contributed by atoms with van der Waals surface area (Å²) in [5.74, 6) is -0.757. The highest BCUT2D eigenvalue weighted by Gasteiger charge is 2.29. The molecule has 1 aromatic carbocycles. The highest BCUT2D eigenvalue weighted by atomic mass is 16.5. The minimum Gasteiger partial charge on any atom is -0.462 e. The molecule has 0 aliphatic heterocycles. The number of carbonyl (C=O) groups excluding carboxylic acids is 2. The van der Waals surface area contributed by atoms with Gasteiger partial charge in [0.2, 0.25) is 5.76 Å². The first-order valence-corrected chi connectivity index (χ1v) is 7.13. The van der Waals surface area contributed by atoms with Crippen LogP contribution in [0.25, 0.3) is 11.1 Å². The van der Waals surface area contributed by atoms with E-state index in [1.165, 1.54) is 0 Å². The molecule has 1 aromatic heterocycles. The van der Waals surface area contributed by atoms with Gasteiger partial charge in [-0.3, -0.25) is 0 Å². The summed E-state index contributed by atoms with van der Waals surface area (Å²) in [7, 11) is 0. The number of furan rings is 1. The van der Waals surface area contributed by atoms with E-state index < -0.39 is 11.9 Å². The van der Waals surface area contributed by atoms with Crippen molar-refractivity contribution >= 4 is 11.9 Å². The van der Waals surface area contributed by atoms with Crippen molar-refractivity contribution in [1.29, 1.82) is 0 Å². The summed E-state index contributed by atoms with van der Waals surface area (Å²) in [5, 5.41) is 0. The van der Waals surface area contributed by atoms with Gasteiger partial charge in [-0.15, -0.1) is 0 Å². The quantitative estimate of drug-likeness (QED) is 0.789. The van der Waals surface area contributed by atoms with Crippen LogP contribution in [0.1, 0.15) is 40.5 Å². The van der Waals surface area contributed by atoms with Crippen molar-refractivity contribution in [2.75, 3.05) is 13.2 Å². The summed E-state index contributed by atoms with van der Waals surface area (Å²) < 4.78 is 15.6. The Morgan fingerprint density at radius 2 is 1.59 bits per heavy atom. The van der Waals surface area contributed by atoms with Gasteiger partial charge in [0.1, 0.15) is 11.3 Å². The Bertz CT molecular complexity index is 670. The van der Waals surface area contributed by atoms with E-state index in [0.29, 0.717) is 16.9 Å². The topological polar surface area (TPSA) is 65.7 Å². The van der Waals surface area contributed by atoms with Crippen molar-refractivity contribution in [1.82, 2.24) is 0 Å². The molecule has 116 valence electrons. The summed E-state index contributed by atoms with van der Waals surface area (Å²) in [6.07, 6.45) is 0. The van der Waals surface area contributed by atoms with Crippen molar-refractivity contribution in [3.63, 3.8) is 0 Å². The lowest BCUT2D eigenvalue weighted by atomic mass is 10.00. The van der Waals surface area contributed by atoms with Crippen LogP contribution in [0.2, 0.25) is 0 Å². The first-order chi connectivity index (χ1) is 10.6. The third-order valence-corrected chi connectivity index (χ3v) is 3.09. The van der Waals surface area contributed by atoms with E-state index in [-0.39, 0.29) is 24.5 Å². The molecule has 0 aliphatic carbocycles. The standard InChI is InChI=1S/C17H18O5/c1-4-20-16(18)13-11(3)22-15(17(19)21-5-2)14(13)12-9-7-6-8-10-12/h6-10H,4-5H2,1-3H3. The molecule has 0 spiro atoms. The highest BCUT2D eigenvalue weighted by Crippen LogP contribution is 2.33. The molecule has 5 nitrogen and oxygen atoms in total. The maximum absolute atomic E-state index is 12.2. The zero-order chi connectivity index (χ0) is 16.1. The number of esters is 2. The van der Waals surface area contributed by atoms with Gasteiger partial charge >= 0.3 is 11.9 Å². The molecule has 0 bridgehead atoms. The van der Waals surface area contributed by atoms with Crippen molar-refractivity contribution in [3.8, 4) is 11.1 Å². The largest absolute Gasteiger partial charge is 0.462 e.